The molecule has 0 radical (unpaired) electrons. The Morgan fingerprint density at radius 3 is 2.55 bits per heavy atom. The van der Waals surface area contributed by atoms with Crippen LogP contribution in [0.1, 0.15) is 18.2 Å². The van der Waals surface area contributed by atoms with E-state index in [0.717, 1.165) is 11.3 Å². The molecule has 2 rings (SSSR count). The van der Waals surface area contributed by atoms with E-state index in [-0.39, 0.29) is 19.2 Å². The normalized spacial score (nSPS) is 10.2. The van der Waals surface area contributed by atoms with E-state index in [9.17, 15) is 9.59 Å². The lowest BCUT2D eigenvalue weighted by Gasteiger charge is -2.23. The number of amides is 2. The molecule has 0 aliphatic carbocycles. The maximum absolute atomic E-state index is 12.7. The van der Waals surface area contributed by atoms with Crippen molar-refractivity contribution in [2.24, 2.45) is 0 Å². The second-order valence-corrected chi connectivity index (χ2v) is 6.15. The minimum Gasteiger partial charge on any atom is -0.493 e. The molecule has 0 aliphatic heterocycles. The first kappa shape index (κ1) is 22.0. The van der Waals surface area contributed by atoms with Crippen LogP contribution in [0.2, 0.25) is 0 Å². The number of carbonyl (C=O) groups excluding carboxylic acids is 2. The number of hydrogen-bond donors (Lipinski definition) is 1. The van der Waals surface area contributed by atoms with E-state index in [0.29, 0.717) is 31.0 Å². The summed E-state index contributed by atoms with van der Waals surface area (Å²) in [5.74, 6) is 0.723. The number of pyridine rings is 1. The van der Waals surface area contributed by atoms with E-state index >= 15 is 0 Å². The third-order valence-electron chi connectivity index (χ3n) is 4.16. The predicted octanol–water partition coefficient (Wildman–Crippen LogP) is 2.42. The summed E-state index contributed by atoms with van der Waals surface area (Å²) < 4.78 is 15.5. The van der Waals surface area contributed by atoms with Gasteiger partial charge in [0, 0.05) is 31.4 Å². The van der Waals surface area contributed by atoms with E-state index in [1.807, 2.05) is 30.3 Å². The van der Waals surface area contributed by atoms with Crippen LogP contribution in [0.4, 0.5) is 4.79 Å². The van der Waals surface area contributed by atoms with E-state index < -0.39 is 5.97 Å². The van der Waals surface area contributed by atoms with Gasteiger partial charge in [0.1, 0.15) is 6.54 Å². The van der Waals surface area contributed by atoms with Gasteiger partial charge in [0.2, 0.25) is 0 Å². The van der Waals surface area contributed by atoms with Gasteiger partial charge in [-0.1, -0.05) is 12.1 Å². The Hall–Kier alpha value is -3.29. The fourth-order valence-corrected chi connectivity index (χ4v) is 2.72. The van der Waals surface area contributed by atoms with Crippen molar-refractivity contribution in [1.29, 1.82) is 0 Å². The lowest BCUT2D eigenvalue weighted by molar-refractivity contribution is -0.141. The average Bonchev–Trinajstić information content (AvgIpc) is 2.75. The number of nitrogens with one attached hydrogen (secondary N) is 1. The Kier molecular flexibility index (Phi) is 8.75. The number of nitrogens with zero attached hydrogens (tertiary/aromatic N) is 2. The number of benzene rings is 1. The Balaban J connectivity index is 2.10. The highest BCUT2D eigenvalue weighted by Crippen LogP contribution is 2.28. The van der Waals surface area contributed by atoms with Gasteiger partial charge in [0.05, 0.1) is 20.8 Å². The lowest BCUT2D eigenvalue weighted by atomic mass is 10.1. The van der Waals surface area contributed by atoms with Gasteiger partial charge in [-0.15, -0.1) is 0 Å². The van der Waals surface area contributed by atoms with Crippen molar-refractivity contribution in [3.8, 4) is 11.5 Å². The second-order valence-electron chi connectivity index (χ2n) is 6.15. The summed E-state index contributed by atoms with van der Waals surface area (Å²) in [6, 6.07) is 10.8. The number of carbonyl (C=O) groups is 2. The highest BCUT2D eigenvalue weighted by Gasteiger charge is 2.17. The number of ether oxygens (including phenoxy) is 3. The molecule has 0 saturated heterocycles. The van der Waals surface area contributed by atoms with Gasteiger partial charge in [-0.05, 0) is 36.8 Å². The third kappa shape index (κ3) is 6.99. The second kappa shape index (κ2) is 11.5. The van der Waals surface area contributed by atoms with Crippen LogP contribution < -0.4 is 14.8 Å². The van der Waals surface area contributed by atoms with Crippen molar-refractivity contribution in [1.82, 2.24) is 15.2 Å². The molecule has 0 fully saturated rings. The van der Waals surface area contributed by atoms with E-state index in [2.05, 4.69) is 10.3 Å². The van der Waals surface area contributed by atoms with E-state index in [4.69, 9.17) is 14.2 Å². The average molecular weight is 401 g/mol. The molecule has 2 amide bonds. The number of esters is 1. The molecule has 2 aromatic rings. The van der Waals surface area contributed by atoms with Crippen LogP contribution in [0, 0.1) is 0 Å². The fraction of sp³-hybridized carbons (Fsp3) is 0.381. The minimum absolute atomic E-state index is 0.182. The molecule has 1 aromatic carbocycles. The van der Waals surface area contributed by atoms with Gasteiger partial charge in [0.15, 0.2) is 11.5 Å². The Labute approximate surface area is 170 Å². The number of aromatic nitrogens is 1. The molecule has 0 atom stereocenters. The number of methoxy groups -OCH3 is 2. The molecule has 156 valence electrons. The highest BCUT2D eigenvalue weighted by atomic mass is 16.5. The topological polar surface area (TPSA) is 90.0 Å². The van der Waals surface area contributed by atoms with Crippen LogP contribution in [0.5, 0.6) is 11.5 Å². The van der Waals surface area contributed by atoms with Crippen molar-refractivity contribution >= 4 is 12.0 Å². The third-order valence-corrected chi connectivity index (χ3v) is 4.16. The number of rotatable bonds is 10. The van der Waals surface area contributed by atoms with Gasteiger partial charge >= 0.3 is 12.0 Å². The summed E-state index contributed by atoms with van der Waals surface area (Å²) in [5.41, 5.74) is 1.75. The minimum atomic E-state index is -0.475. The van der Waals surface area contributed by atoms with Crippen LogP contribution in [0.25, 0.3) is 0 Å². The Morgan fingerprint density at radius 1 is 1.10 bits per heavy atom. The molecular weight excluding hydrogens is 374 g/mol. The molecule has 1 N–H and O–H groups in total. The Morgan fingerprint density at radius 2 is 1.90 bits per heavy atom. The van der Waals surface area contributed by atoms with Gasteiger partial charge < -0.3 is 24.4 Å². The van der Waals surface area contributed by atoms with Gasteiger partial charge in [-0.3, -0.25) is 9.78 Å². The van der Waals surface area contributed by atoms with Crippen molar-refractivity contribution in [3.63, 3.8) is 0 Å². The first-order valence-electron chi connectivity index (χ1n) is 9.36. The summed E-state index contributed by atoms with van der Waals surface area (Å²) in [4.78, 5) is 30.2. The molecule has 0 spiro atoms. The maximum atomic E-state index is 12.7. The smallest absolute Gasteiger partial charge is 0.325 e. The molecule has 0 bridgehead atoms. The largest absolute Gasteiger partial charge is 0.493 e. The van der Waals surface area contributed by atoms with Crippen LogP contribution in [-0.2, 0) is 22.5 Å². The van der Waals surface area contributed by atoms with Crippen molar-refractivity contribution < 1.29 is 23.8 Å². The maximum Gasteiger partial charge on any atom is 0.325 e. The standard InChI is InChI=1S/C21H27N3O5/c1-4-29-20(25)14-23-21(26)24(12-10-17-7-5-6-11-22-17)15-16-8-9-18(27-2)19(13-16)28-3/h5-9,11,13H,4,10,12,14-15H2,1-3H3,(H,23,26). The summed E-state index contributed by atoms with van der Waals surface area (Å²) >= 11 is 0. The van der Waals surface area contributed by atoms with Crippen LogP contribution >= 0.6 is 0 Å². The van der Waals surface area contributed by atoms with Gasteiger partial charge in [-0.25, -0.2) is 4.79 Å². The first-order valence-corrected chi connectivity index (χ1v) is 9.36. The van der Waals surface area contributed by atoms with Crippen molar-refractivity contribution in [3.05, 3.63) is 53.9 Å². The van der Waals surface area contributed by atoms with Crippen molar-refractivity contribution in [2.45, 2.75) is 19.9 Å². The number of urea groups is 1. The van der Waals surface area contributed by atoms with Gasteiger partial charge in [0.25, 0.3) is 0 Å². The van der Waals surface area contributed by atoms with E-state index in [1.54, 1.807) is 38.3 Å². The molecule has 29 heavy (non-hydrogen) atoms. The monoisotopic (exact) mass is 401 g/mol. The summed E-state index contributed by atoms with van der Waals surface area (Å²) in [6.45, 7) is 2.57. The summed E-state index contributed by atoms with van der Waals surface area (Å²) in [6.07, 6.45) is 2.30. The van der Waals surface area contributed by atoms with Crippen LogP contribution in [-0.4, -0.2) is 55.8 Å². The molecule has 0 aliphatic rings. The Bertz CT molecular complexity index is 798. The SMILES string of the molecule is CCOC(=O)CNC(=O)N(CCc1ccccn1)Cc1ccc(OC)c(OC)c1. The van der Waals surface area contributed by atoms with Crippen molar-refractivity contribution in [2.75, 3.05) is 33.9 Å². The molecule has 0 saturated carbocycles. The first-order chi connectivity index (χ1) is 14.1. The quantitative estimate of drug-likeness (QED) is 0.615. The fourth-order valence-electron chi connectivity index (χ4n) is 2.72. The molecule has 1 aromatic heterocycles. The molecule has 1 heterocycles. The molecule has 0 unspecified atom stereocenters. The number of hydrogen-bond acceptors (Lipinski definition) is 6. The summed E-state index contributed by atoms with van der Waals surface area (Å²) in [5, 5.41) is 2.61. The van der Waals surface area contributed by atoms with Crippen LogP contribution in [0.3, 0.4) is 0 Å². The van der Waals surface area contributed by atoms with E-state index in [1.165, 1.54) is 0 Å². The predicted molar refractivity (Wildman–Crippen MR) is 108 cm³/mol. The molecular formula is C21H27N3O5. The molecule has 8 heteroatoms. The zero-order chi connectivity index (χ0) is 21.1. The molecule has 8 nitrogen and oxygen atoms in total. The zero-order valence-corrected chi connectivity index (χ0v) is 17.0. The van der Waals surface area contributed by atoms with Crippen LogP contribution in [0.15, 0.2) is 42.6 Å². The summed E-state index contributed by atoms with van der Waals surface area (Å²) in [7, 11) is 3.13. The highest BCUT2D eigenvalue weighted by molar-refractivity contribution is 5.80. The zero-order valence-electron chi connectivity index (χ0n) is 17.0. The van der Waals surface area contributed by atoms with Gasteiger partial charge in [-0.2, -0.15) is 0 Å². The lowest BCUT2D eigenvalue weighted by Crippen LogP contribution is -2.43.